The van der Waals surface area contributed by atoms with Crippen molar-refractivity contribution in [1.82, 2.24) is 5.32 Å². The van der Waals surface area contributed by atoms with Crippen LogP contribution < -0.4 is 5.32 Å². The van der Waals surface area contributed by atoms with E-state index in [1.54, 1.807) is 6.92 Å². The molecule has 1 atom stereocenters. The first-order valence-corrected chi connectivity index (χ1v) is 8.45. The molecule has 0 aromatic heterocycles. The molecular formula is C13H18ClNO5S. The molecule has 0 saturated heterocycles. The Morgan fingerprint density at radius 1 is 1.38 bits per heavy atom. The lowest BCUT2D eigenvalue weighted by atomic mass is 10.1. The van der Waals surface area contributed by atoms with Gasteiger partial charge in [0.05, 0.1) is 17.6 Å². The van der Waals surface area contributed by atoms with Crippen LogP contribution >= 0.6 is 10.7 Å². The molecule has 1 amide bonds. The zero-order chi connectivity index (χ0) is 16.0. The van der Waals surface area contributed by atoms with Crippen molar-refractivity contribution in [3.05, 3.63) is 29.3 Å². The van der Waals surface area contributed by atoms with Crippen LogP contribution in [0.1, 0.15) is 15.9 Å². The van der Waals surface area contributed by atoms with Crippen molar-refractivity contribution >= 4 is 25.6 Å². The van der Waals surface area contributed by atoms with E-state index in [1.165, 1.54) is 32.4 Å². The normalized spacial score (nSPS) is 13.0. The van der Waals surface area contributed by atoms with Crippen LogP contribution in [0, 0.1) is 6.92 Å². The minimum atomic E-state index is -3.87. The number of carbonyl (C=O) groups excluding carboxylic acids is 1. The Morgan fingerprint density at radius 3 is 2.57 bits per heavy atom. The number of hydrogen-bond acceptors (Lipinski definition) is 5. The largest absolute Gasteiger partial charge is 0.382 e. The van der Waals surface area contributed by atoms with Crippen LogP contribution in [0.25, 0.3) is 0 Å². The Morgan fingerprint density at radius 2 is 2.05 bits per heavy atom. The van der Waals surface area contributed by atoms with Crippen molar-refractivity contribution in [3.63, 3.8) is 0 Å². The minimum Gasteiger partial charge on any atom is -0.382 e. The molecule has 0 aliphatic carbocycles. The van der Waals surface area contributed by atoms with Crippen molar-refractivity contribution < 1.29 is 22.7 Å². The highest BCUT2D eigenvalue weighted by molar-refractivity contribution is 8.13. The van der Waals surface area contributed by atoms with Gasteiger partial charge in [-0.05, 0) is 24.6 Å². The molecule has 0 radical (unpaired) electrons. The number of nitrogens with one attached hydrogen (secondary N) is 1. The number of hydrogen-bond donors (Lipinski definition) is 1. The summed E-state index contributed by atoms with van der Waals surface area (Å²) in [5.74, 6) is -0.396. The number of carbonyl (C=O) groups is 1. The number of aryl methyl sites for hydroxylation is 1. The number of ether oxygens (including phenoxy) is 2. The van der Waals surface area contributed by atoms with E-state index in [0.29, 0.717) is 12.2 Å². The van der Waals surface area contributed by atoms with Crippen LogP contribution in [0.3, 0.4) is 0 Å². The predicted octanol–water partition coefficient (Wildman–Crippen LogP) is 1.31. The van der Waals surface area contributed by atoms with Gasteiger partial charge in [0.1, 0.15) is 0 Å². The summed E-state index contributed by atoms with van der Waals surface area (Å²) >= 11 is 0. The van der Waals surface area contributed by atoms with Gasteiger partial charge in [-0.1, -0.05) is 6.07 Å². The van der Waals surface area contributed by atoms with Crippen LogP contribution in [0.2, 0.25) is 0 Å². The fraction of sp³-hybridized carbons (Fsp3) is 0.462. The highest BCUT2D eigenvalue weighted by Crippen LogP contribution is 2.19. The van der Waals surface area contributed by atoms with Gasteiger partial charge in [0.25, 0.3) is 15.0 Å². The highest BCUT2D eigenvalue weighted by atomic mass is 35.7. The lowest BCUT2D eigenvalue weighted by Crippen LogP contribution is -2.35. The Kier molecular flexibility index (Phi) is 6.60. The van der Waals surface area contributed by atoms with E-state index in [0.717, 1.165) is 0 Å². The third-order valence-electron chi connectivity index (χ3n) is 2.91. The minimum absolute atomic E-state index is 0.111. The molecule has 0 bridgehead atoms. The molecule has 1 aromatic carbocycles. The number of rotatable bonds is 7. The Labute approximate surface area is 128 Å². The Hall–Kier alpha value is -1.15. The molecule has 0 saturated carbocycles. The molecule has 118 valence electrons. The molecule has 0 aliphatic heterocycles. The van der Waals surface area contributed by atoms with Crippen LogP contribution in [0.15, 0.2) is 23.1 Å². The lowest BCUT2D eigenvalue weighted by Gasteiger charge is -2.15. The monoisotopic (exact) mass is 335 g/mol. The van der Waals surface area contributed by atoms with E-state index in [2.05, 4.69) is 5.32 Å². The van der Waals surface area contributed by atoms with E-state index in [9.17, 15) is 13.2 Å². The molecule has 0 heterocycles. The maximum atomic E-state index is 12.1. The molecule has 8 heteroatoms. The molecule has 1 rings (SSSR count). The molecule has 1 unspecified atom stereocenters. The van der Waals surface area contributed by atoms with Gasteiger partial charge < -0.3 is 14.8 Å². The van der Waals surface area contributed by atoms with Gasteiger partial charge in [0.15, 0.2) is 0 Å². The summed E-state index contributed by atoms with van der Waals surface area (Å²) in [6, 6.07) is 4.15. The fourth-order valence-corrected chi connectivity index (χ4v) is 2.47. The summed E-state index contributed by atoms with van der Waals surface area (Å²) in [5.41, 5.74) is 0.904. The van der Waals surface area contributed by atoms with Crippen LogP contribution in [0.5, 0.6) is 0 Å². The Bertz CT molecular complexity index is 603. The number of amides is 1. The maximum Gasteiger partial charge on any atom is 0.261 e. The summed E-state index contributed by atoms with van der Waals surface area (Å²) in [5, 5.41) is 2.67. The standard InChI is InChI=1S/C13H18ClNO5S/c1-9-4-5-11(21(14,17)18)6-12(9)13(16)15-7-10(20-3)8-19-2/h4-6,10H,7-8H2,1-3H3,(H,15,16). The van der Waals surface area contributed by atoms with E-state index < -0.39 is 15.0 Å². The van der Waals surface area contributed by atoms with Crippen LogP contribution in [-0.2, 0) is 18.5 Å². The summed E-state index contributed by atoms with van der Waals surface area (Å²) in [6.45, 7) is 2.30. The zero-order valence-electron chi connectivity index (χ0n) is 12.1. The second-order valence-corrected chi connectivity index (χ2v) is 7.00. The average Bonchev–Trinajstić information content (AvgIpc) is 2.42. The molecule has 0 fully saturated rings. The lowest BCUT2D eigenvalue weighted by molar-refractivity contribution is 0.0285. The smallest absolute Gasteiger partial charge is 0.261 e. The third-order valence-corrected chi connectivity index (χ3v) is 4.26. The van der Waals surface area contributed by atoms with Gasteiger partial charge in [-0.3, -0.25) is 4.79 Å². The second-order valence-electron chi connectivity index (χ2n) is 4.44. The van der Waals surface area contributed by atoms with E-state index in [-0.39, 0.29) is 23.1 Å². The predicted molar refractivity (Wildman–Crippen MR) is 79.2 cm³/mol. The van der Waals surface area contributed by atoms with Gasteiger partial charge >= 0.3 is 0 Å². The zero-order valence-corrected chi connectivity index (χ0v) is 13.6. The average molecular weight is 336 g/mol. The Balaban J connectivity index is 2.87. The maximum absolute atomic E-state index is 12.1. The molecule has 1 aromatic rings. The van der Waals surface area contributed by atoms with Gasteiger partial charge in [-0.15, -0.1) is 0 Å². The second kappa shape index (κ2) is 7.74. The highest BCUT2D eigenvalue weighted by Gasteiger charge is 2.17. The van der Waals surface area contributed by atoms with E-state index >= 15 is 0 Å². The molecule has 6 nitrogen and oxygen atoms in total. The van der Waals surface area contributed by atoms with E-state index in [4.69, 9.17) is 20.2 Å². The quantitative estimate of drug-likeness (QED) is 0.760. The summed E-state index contributed by atoms with van der Waals surface area (Å²) < 4.78 is 32.7. The SMILES string of the molecule is COCC(CNC(=O)c1cc(S(=O)(=O)Cl)ccc1C)OC. The van der Waals surface area contributed by atoms with E-state index in [1.807, 2.05) is 0 Å². The van der Waals surface area contributed by atoms with Crippen molar-refractivity contribution in [3.8, 4) is 0 Å². The fourth-order valence-electron chi connectivity index (χ4n) is 1.70. The first-order chi connectivity index (χ1) is 9.79. The van der Waals surface area contributed by atoms with Gasteiger partial charge in [0.2, 0.25) is 0 Å². The van der Waals surface area contributed by atoms with Gasteiger partial charge in [-0.25, -0.2) is 8.42 Å². The summed E-state index contributed by atoms with van der Waals surface area (Å²) in [7, 11) is 4.46. The van der Waals surface area contributed by atoms with Crippen molar-refractivity contribution in [2.45, 2.75) is 17.9 Å². The van der Waals surface area contributed by atoms with Crippen LogP contribution in [-0.4, -0.2) is 47.8 Å². The molecule has 1 N–H and O–H groups in total. The molecule has 0 spiro atoms. The van der Waals surface area contributed by atoms with Crippen molar-refractivity contribution in [2.24, 2.45) is 0 Å². The van der Waals surface area contributed by atoms with Gasteiger partial charge in [-0.2, -0.15) is 0 Å². The van der Waals surface area contributed by atoms with Crippen molar-refractivity contribution in [1.29, 1.82) is 0 Å². The number of methoxy groups -OCH3 is 2. The summed E-state index contributed by atoms with van der Waals surface area (Å²) in [6.07, 6.45) is -0.279. The van der Waals surface area contributed by atoms with Gasteiger partial charge in [0, 0.05) is 37.0 Å². The third kappa shape index (κ3) is 5.28. The summed E-state index contributed by atoms with van der Waals surface area (Å²) in [4.78, 5) is 12.0. The number of benzene rings is 1. The van der Waals surface area contributed by atoms with Crippen molar-refractivity contribution in [2.75, 3.05) is 27.4 Å². The first kappa shape index (κ1) is 17.9. The molecule has 0 aliphatic rings. The molecular weight excluding hydrogens is 318 g/mol. The number of halogens is 1. The topological polar surface area (TPSA) is 81.7 Å². The first-order valence-electron chi connectivity index (χ1n) is 6.14. The molecule has 21 heavy (non-hydrogen) atoms. The van der Waals surface area contributed by atoms with Crippen LogP contribution in [0.4, 0.5) is 0 Å².